The molecule has 8 nitrogen and oxygen atoms in total. The highest BCUT2D eigenvalue weighted by Gasteiger charge is 2.27. The van der Waals surface area contributed by atoms with Gasteiger partial charge < -0.3 is 15.4 Å². The predicted molar refractivity (Wildman–Crippen MR) is 121 cm³/mol. The number of carbonyl (C=O) groups excluding carboxylic acids is 2. The molecule has 5 rings (SSSR count). The number of nitrogens with one attached hydrogen (secondary N) is 3. The molecule has 1 saturated carbocycles. The van der Waals surface area contributed by atoms with E-state index in [1.807, 2.05) is 42.5 Å². The Morgan fingerprint density at radius 3 is 2.78 bits per heavy atom. The molecule has 2 amide bonds. The first kappa shape index (κ1) is 20.2. The second kappa shape index (κ2) is 8.82. The van der Waals surface area contributed by atoms with Crippen LogP contribution in [0.5, 0.6) is 5.75 Å². The lowest BCUT2D eigenvalue weighted by Gasteiger charge is -2.17. The zero-order valence-electron chi connectivity index (χ0n) is 17.7. The summed E-state index contributed by atoms with van der Waals surface area (Å²) in [6.07, 6.45) is 4.55. The highest BCUT2D eigenvalue weighted by atomic mass is 16.5. The van der Waals surface area contributed by atoms with Gasteiger partial charge in [-0.2, -0.15) is 5.10 Å². The maximum absolute atomic E-state index is 12.2. The number of benzene rings is 2. The second-order valence-corrected chi connectivity index (χ2v) is 8.26. The van der Waals surface area contributed by atoms with Gasteiger partial charge in [0.05, 0.1) is 6.61 Å². The van der Waals surface area contributed by atoms with Crippen molar-refractivity contribution < 1.29 is 14.3 Å². The molecule has 0 saturated heterocycles. The van der Waals surface area contributed by atoms with Gasteiger partial charge in [0.15, 0.2) is 5.82 Å². The standard InChI is InChI=1S/C24H25N5O3/c30-21(2-1-13-32-19-10-11-20-17(14-19)7-12-22(31)26-20)25-18-8-5-16(6-9-18)24-27-23(28-29-24)15-3-4-15/h5-6,8-11,14-15H,1-4,7,12-13H2,(H,25,30)(H,26,31)(H,27,28,29). The molecule has 2 heterocycles. The molecule has 8 heteroatoms. The number of ether oxygens (including phenoxy) is 1. The van der Waals surface area contributed by atoms with E-state index in [-0.39, 0.29) is 11.8 Å². The van der Waals surface area contributed by atoms with Crippen molar-refractivity contribution in [1.82, 2.24) is 15.2 Å². The molecule has 3 N–H and O–H groups in total. The Morgan fingerprint density at radius 2 is 1.97 bits per heavy atom. The van der Waals surface area contributed by atoms with E-state index in [1.54, 1.807) is 0 Å². The second-order valence-electron chi connectivity index (χ2n) is 8.26. The number of amides is 2. The van der Waals surface area contributed by atoms with Crippen LogP contribution in [0.3, 0.4) is 0 Å². The third-order valence-electron chi connectivity index (χ3n) is 5.68. The van der Waals surface area contributed by atoms with E-state index >= 15 is 0 Å². The summed E-state index contributed by atoms with van der Waals surface area (Å²) >= 11 is 0. The number of nitrogens with zero attached hydrogens (tertiary/aromatic N) is 2. The van der Waals surface area contributed by atoms with E-state index in [0.717, 1.165) is 40.5 Å². The minimum atomic E-state index is -0.0524. The summed E-state index contributed by atoms with van der Waals surface area (Å²) in [5.41, 5.74) is 3.60. The van der Waals surface area contributed by atoms with Crippen molar-refractivity contribution in [1.29, 1.82) is 0 Å². The molecule has 0 radical (unpaired) electrons. The summed E-state index contributed by atoms with van der Waals surface area (Å²) in [4.78, 5) is 28.2. The largest absolute Gasteiger partial charge is 0.494 e. The Bertz CT molecular complexity index is 1130. The Morgan fingerprint density at radius 1 is 1.12 bits per heavy atom. The van der Waals surface area contributed by atoms with E-state index in [1.165, 1.54) is 12.8 Å². The molecule has 1 aliphatic heterocycles. The minimum Gasteiger partial charge on any atom is -0.494 e. The lowest BCUT2D eigenvalue weighted by molar-refractivity contribution is -0.117. The highest BCUT2D eigenvalue weighted by molar-refractivity contribution is 5.94. The zero-order valence-corrected chi connectivity index (χ0v) is 17.7. The van der Waals surface area contributed by atoms with Gasteiger partial charge in [-0.25, -0.2) is 4.98 Å². The third-order valence-corrected chi connectivity index (χ3v) is 5.68. The molecule has 0 atom stereocenters. The number of aryl methyl sites for hydroxylation is 1. The number of hydrogen-bond donors (Lipinski definition) is 3. The third kappa shape index (κ3) is 4.80. The van der Waals surface area contributed by atoms with Gasteiger partial charge in [-0.05, 0) is 73.7 Å². The van der Waals surface area contributed by atoms with Crippen LogP contribution >= 0.6 is 0 Å². The average Bonchev–Trinajstić information content (AvgIpc) is 3.54. The van der Waals surface area contributed by atoms with Crippen LogP contribution in [0.25, 0.3) is 11.4 Å². The van der Waals surface area contributed by atoms with Gasteiger partial charge in [0.25, 0.3) is 0 Å². The summed E-state index contributed by atoms with van der Waals surface area (Å²) in [6.45, 7) is 0.450. The van der Waals surface area contributed by atoms with Crippen molar-refractivity contribution in [3.8, 4) is 17.1 Å². The van der Waals surface area contributed by atoms with Gasteiger partial charge in [0, 0.05) is 35.7 Å². The summed E-state index contributed by atoms with van der Waals surface area (Å²) in [6, 6.07) is 13.2. The van der Waals surface area contributed by atoms with Gasteiger partial charge in [-0.1, -0.05) is 0 Å². The number of H-pyrrole nitrogens is 1. The Kier molecular flexibility index (Phi) is 5.58. The Balaban J connectivity index is 1.06. The van der Waals surface area contributed by atoms with Gasteiger partial charge in [-0.3, -0.25) is 14.7 Å². The van der Waals surface area contributed by atoms with Crippen LogP contribution in [-0.4, -0.2) is 33.6 Å². The van der Waals surface area contributed by atoms with Gasteiger partial charge >= 0.3 is 0 Å². The number of aromatic amines is 1. The number of hydrogen-bond acceptors (Lipinski definition) is 5. The van der Waals surface area contributed by atoms with Crippen LogP contribution in [0.2, 0.25) is 0 Å². The highest BCUT2D eigenvalue weighted by Crippen LogP contribution is 2.38. The van der Waals surface area contributed by atoms with Crippen molar-refractivity contribution in [2.24, 2.45) is 0 Å². The maximum atomic E-state index is 12.2. The normalized spacial score (nSPS) is 15.1. The van der Waals surface area contributed by atoms with E-state index in [9.17, 15) is 9.59 Å². The molecule has 1 aliphatic carbocycles. The summed E-state index contributed by atoms with van der Waals surface area (Å²) in [7, 11) is 0. The summed E-state index contributed by atoms with van der Waals surface area (Å²) in [5.74, 6) is 2.94. The monoisotopic (exact) mass is 431 g/mol. The number of aromatic nitrogens is 3. The van der Waals surface area contributed by atoms with Crippen molar-refractivity contribution in [2.45, 2.75) is 44.4 Å². The number of anilines is 2. The quantitative estimate of drug-likeness (QED) is 0.467. The van der Waals surface area contributed by atoms with E-state index in [4.69, 9.17) is 4.74 Å². The molecule has 2 aliphatic rings. The topological polar surface area (TPSA) is 109 Å². The molecule has 32 heavy (non-hydrogen) atoms. The molecule has 0 spiro atoms. The van der Waals surface area contributed by atoms with Crippen molar-refractivity contribution in [2.75, 3.05) is 17.2 Å². The summed E-state index contributed by atoms with van der Waals surface area (Å²) in [5, 5.41) is 13.1. The first-order valence-corrected chi connectivity index (χ1v) is 11.0. The SMILES string of the molecule is O=C(CCCOc1ccc2c(c1)CCC(=O)N2)Nc1ccc(-c2n[nH]c(C3CC3)n2)cc1. The van der Waals surface area contributed by atoms with Gasteiger partial charge in [0.1, 0.15) is 11.6 Å². The molecule has 164 valence electrons. The van der Waals surface area contributed by atoms with Crippen molar-refractivity contribution in [3.05, 3.63) is 53.9 Å². The van der Waals surface area contributed by atoms with Crippen molar-refractivity contribution in [3.63, 3.8) is 0 Å². The molecule has 1 aromatic heterocycles. The van der Waals surface area contributed by atoms with Gasteiger partial charge in [0.2, 0.25) is 11.8 Å². The van der Waals surface area contributed by atoms with Crippen LogP contribution in [0.1, 0.15) is 49.4 Å². The zero-order chi connectivity index (χ0) is 21.9. The van der Waals surface area contributed by atoms with E-state index in [2.05, 4.69) is 25.8 Å². The molecular weight excluding hydrogens is 406 g/mol. The fourth-order valence-electron chi connectivity index (χ4n) is 3.74. The van der Waals surface area contributed by atoms with Crippen molar-refractivity contribution >= 4 is 23.2 Å². The Hall–Kier alpha value is -3.68. The van der Waals surface area contributed by atoms with Crippen LogP contribution in [0.4, 0.5) is 11.4 Å². The minimum absolute atomic E-state index is 0.0485. The van der Waals surface area contributed by atoms with Crippen LogP contribution in [0.15, 0.2) is 42.5 Å². The summed E-state index contributed by atoms with van der Waals surface area (Å²) < 4.78 is 5.78. The van der Waals surface area contributed by atoms with E-state index < -0.39 is 0 Å². The van der Waals surface area contributed by atoms with Crippen LogP contribution < -0.4 is 15.4 Å². The smallest absolute Gasteiger partial charge is 0.224 e. The number of fused-ring (bicyclic) bond motifs is 1. The Labute approximate surface area is 185 Å². The first-order valence-electron chi connectivity index (χ1n) is 11.0. The maximum Gasteiger partial charge on any atom is 0.224 e. The molecule has 0 unspecified atom stereocenters. The lowest BCUT2D eigenvalue weighted by atomic mass is 10.0. The predicted octanol–water partition coefficient (Wildman–Crippen LogP) is 4.03. The van der Waals surface area contributed by atoms with Crippen LogP contribution in [-0.2, 0) is 16.0 Å². The molecular formula is C24H25N5O3. The van der Waals surface area contributed by atoms with Crippen LogP contribution in [0, 0.1) is 0 Å². The lowest BCUT2D eigenvalue weighted by Crippen LogP contribution is -2.18. The van der Waals surface area contributed by atoms with Gasteiger partial charge in [-0.15, -0.1) is 0 Å². The average molecular weight is 431 g/mol. The molecule has 1 fully saturated rings. The fourth-order valence-corrected chi connectivity index (χ4v) is 3.74. The number of rotatable bonds is 8. The fraction of sp³-hybridized carbons (Fsp3) is 0.333. The van der Waals surface area contributed by atoms with E-state index in [0.29, 0.717) is 37.6 Å². The molecule has 0 bridgehead atoms. The molecule has 3 aromatic rings. The molecule has 2 aromatic carbocycles. The number of carbonyl (C=O) groups is 2. The first-order chi connectivity index (χ1) is 15.6.